The summed E-state index contributed by atoms with van der Waals surface area (Å²) in [6, 6.07) is 6.70. The number of nitrogens with one attached hydrogen (secondary N) is 1. The van der Waals surface area contributed by atoms with Gasteiger partial charge < -0.3 is 15.0 Å². The molecule has 0 radical (unpaired) electrons. The summed E-state index contributed by atoms with van der Waals surface area (Å²) in [6.45, 7) is 0.429. The van der Waals surface area contributed by atoms with Crippen molar-refractivity contribution in [3.63, 3.8) is 0 Å². The summed E-state index contributed by atoms with van der Waals surface area (Å²) in [5.74, 6) is 1.07. The van der Waals surface area contributed by atoms with Crippen molar-refractivity contribution in [2.24, 2.45) is 0 Å². The standard InChI is InChI=1S/C17H20N6O3S/c1-27(25,26)22-9-6-14(24)13(11-22)23(15-4-2-3-7-18-15)16-10-20-17-12(21-16)5-8-19-17/h2-5,7-8,10,13-14,24H,6,9,11H2,1H3,(H,19,20)/t13-,14-/m1/s1. The molecule has 4 rings (SSSR count). The quantitative estimate of drug-likeness (QED) is 0.682. The van der Waals surface area contributed by atoms with Gasteiger partial charge in [-0.15, -0.1) is 0 Å². The van der Waals surface area contributed by atoms with Crippen molar-refractivity contribution in [2.45, 2.75) is 18.6 Å². The first-order valence-corrected chi connectivity index (χ1v) is 10.4. The Balaban J connectivity index is 1.80. The number of aromatic amines is 1. The molecule has 9 nitrogen and oxygen atoms in total. The zero-order valence-electron chi connectivity index (χ0n) is 14.7. The average molecular weight is 388 g/mol. The molecule has 0 aromatic carbocycles. The summed E-state index contributed by atoms with van der Waals surface area (Å²) in [6.07, 6.45) is 5.78. The fraction of sp³-hybridized carbons (Fsp3) is 0.353. The molecule has 142 valence electrons. The number of aliphatic hydroxyl groups is 1. The third-order valence-electron chi connectivity index (χ3n) is 4.70. The molecule has 2 N–H and O–H groups in total. The lowest BCUT2D eigenvalue weighted by Crippen LogP contribution is -2.55. The minimum Gasteiger partial charge on any atom is -0.391 e. The molecule has 10 heteroatoms. The predicted molar refractivity (Wildman–Crippen MR) is 101 cm³/mol. The minimum absolute atomic E-state index is 0.142. The molecule has 1 fully saturated rings. The number of nitrogens with zero attached hydrogens (tertiary/aromatic N) is 5. The molecular weight excluding hydrogens is 368 g/mol. The van der Waals surface area contributed by atoms with E-state index in [1.807, 2.05) is 12.1 Å². The van der Waals surface area contributed by atoms with E-state index < -0.39 is 22.2 Å². The van der Waals surface area contributed by atoms with Crippen LogP contribution in [0.5, 0.6) is 0 Å². The fourth-order valence-corrected chi connectivity index (χ4v) is 4.20. The van der Waals surface area contributed by atoms with E-state index in [0.717, 1.165) is 0 Å². The molecule has 0 amide bonds. The molecule has 1 aliphatic heterocycles. The Hall–Kier alpha value is -2.56. The number of fused-ring (bicyclic) bond motifs is 1. The van der Waals surface area contributed by atoms with Gasteiger partial charge in [0.25, 0.3) is 0 Å². The van der Waals surface area contributed by atoms with Crippen LogP contribution in [0, 0.1) is 0 Å². The van der Waals surface area contributed by atoms with Crippen LogP contribution in [0.3, 0.4) is 0 Å². The Morgan fingerprint density at radius 2 is 2.11 bits per heavy atom. The van der Waals surface area contributed by atoms with Gasteiger partial charge in [-0.3, -0.25) is 0 Å². The molecule has 3 aromatic rings. The van der Waals surface area contributed by atoms with Crippen LogP contribution in [0.1, 0.15) is 6.42 Å². The van der Waals surface area contributed by atoms with Crippen molar-refractivity contribution in [2.75, 3.05) is 24.2 Å². The largest absolute Gasteiger partial charge is 0.391 e. The molecule has 0 saturated carbocycles. The van der Waals surface area contributed by atoms with E-state index in [1.54, 1.807) is 35.6 Å². The van der Waals surface area contributed by atoms with Crippen molar-refractivity contribution in [3.8, 4) is 0 Å². The maximum atomic E-state index is 12.1. The van der Waals surface area contributed by atoms with Crippen LogP contribution in [0.4, 0.5) is 11.6 Å². The summed E-state index contributed by atoms with van der Waals surface area (Å²) < 4.78 is 25.5. The number of aromatic nitrogens is 4. The molecule has 1 aliphatic rings. The van der Waals surface area contributed by atoms with E-state index in [-0.39, 0.29) is 13.1 Å². The molecule has 0 aliphatic carbocycles. The SMILES string of the molecule is CS(=O)(=O)N1CC[C@@H](O)[C@H](N(c2ccccn2)c2cnc3[nH]ccc3n2)C1. The Labute approximate surface area is 156 Å². The second kappa shape index (κ2) is 6.87. The van der Waals surface area contributed by atoms with Crippen molar-refractivity contribution in [1.29, 1.82) is 0 Å². The molecule has 4 heterocycles. The van der Waals surface area contributed by atoms with Gasteiger partial charge >= 0.3 is 0 Å². The first-order valence-electron chi connectivity index (χ1n) is 8.57. The third-order valence-corrected chi connectivity index (χ3v) is 5.97. The Bertz CT molecular complexity index is 1040. The Morgan fingerprint density at radius 3 is 2.85 bits per heavy atom. The van der Waals surface area contributed by atoms with Crippen LogP contribution in [-0.4, -0.2) is 69.3 Å². The molecule has 3 aromatic heterocycles. The summed E-state index contributed by atoms with van der Waals surface area (Å²) in [5.41, 5.74) is 1.33. The fourth-order valence-electron chi connectivity index (χ4n) is 3.34. The lowest BCUT2D eigenvalue weighted by Gasteiger charge is -2.41. The predicted octanol–water partition coefficient (Wildman–Crippen LogP) is 0.886. The maximum absolute atomic E-state index is 12.1. The number of aliphatic hydroxyl groups excluding tert-OH is 1. The number of piperidine rings is 1. The smallest absolute Gasteiger partial charge is 0.211 e. The summed E-state index contributed by atoms with van der Waals surface area (Å²) in [7, 11) is -3.37. The molecule has 0 spiro atoms. The second-order valence-electron chi connectivity index (χ2n) is 6.54. The topological polar surface area (TPSA) is 115 Å². The van der Waals surface area contributed by atoms with E-state index >= 15 is 0 Å². The molecule has 2 atom stereocenters. The summed E-state index contributed by atoms with van der Waals surface area (Å²) in [5, 5.41) is 10.7. The van der Waals surface area contributed by atoms with Crippen LogP contribution in [0.15, 0.2) is 42.9 Å². The average Bonchev–Trinajstić information content (AvgIpc) is 3.11. The van der Waals surface area contributed by atoms with E-state index in [0.29, 0.717) is 29.2 Å². The molecule has 0 bridgehead atoms. The van der Waals surface area contributed by atoms with Gasteiger partial charge in [-0.2, -0.15) is 4.31 Å². The molecule has 27 heavy (non-hydrogen) atoms. The minimum atomic E-state index is -3.37. The second-order valence-corrected chi connectivity index (χ2v) is 8.52. The van der Waals surface area contributed by atoms with E-state index in [1.165, 1.54) is 10.6 Å². The van der Waals surface area contributed by atoms with Gasteiger partial charge in [-0.1, -0.05) is 6.07 Å². The first kappa shape index (κ1) is 17.8. The van der Waals surface area contributed by atoms with Gasteiger partial charge in [-0.25, -0.2) is 23.4 Å². The van der Waals surface area contributed by atoms with Gasteiger partial charge in [0.2, 0.25) is 10.0 Å². The van der Waals surface area contributed by atoms with E-state index in [2.05, 4.69) is 19.9 Å². The number of hydrogen-bond donors (Lipinski definition) is 2. The number of H-pyrrole nitrogens is 1. The lowest BCUT2D eigenvalue weighted by atomic mass is 10.0. The molecule has 0 unspecified atom stereocenters. The van der Waals surface area contributed by atoms with Gasteiger partial charge in [-0.05, 0) is 24.6 Å². The van der Waals surface area contributed by atoms with E-state index in [9.17, 15) is 13.5 Å². The van der Waals surface area contributed by atoms with Crippen molar-refractivity contribution >= 4 is 32.8 Å². The number of rotatable bonds is 4. The lowest BCUT2D eigenvalue weighted by molar-refractivity contribution is 0.0910. The zero-order chi connectivity index (χ0) is 19.0. The summed E-state index contributed by atoms with van der Waals surface area (Å²) in [4.78, 5) is 18.1. The Kier molecular flexibility index (Phi) is 4.54. The van der Waals surface area contributed by atoms with E-state index in [4.69, 9.17) is 0 Å². The van der Waals surface area contributed by atoms with Crippen LogP contribution < -0.4 is 4.90 Å². The first-order chi connectivity index (χ1) is 12.9. The number of hydrogen-bond acceptors (Lipinski definition) is 7. The number of pyridine rings is 1. The van der Waals surface area contributed by atoms with Gasteiger partial charge in [0.1, 0.15) is 11.3 Å². The van der Waals surface area contributed by atoms with Crippen LogP contribution in [0.25, 0.3) is 11.2 Å². The van der Waals surface area contributed by atoms with Crippen molar-refractivity contribution in [1.82, 2.24) is 24.2 Å². The normalized spacial score (nSPS) is 21.4. The highest BCUT2D eigenvalue weighted by Gasteiger charge is 2.37. The highest BCUT2D eigenvalue weighted by Crippen LogP contribution is 2.30. The number of sulfonamides is 1. The Morgan fingerprint density at radius 1 is 1.26 bits per heavy atom. The van der Waals surface area contributed by atoms with Crippen molar-refractivity contribution in [3.05, 3.63) is 42.9 Å². The molecule has 1 saturated heterocycles. The third kappa shape index (κ3) is 3.51. The monoisotopic (exact) mass is 388 g/mol. The van der Waals surface area contributed by atoms with Crippen molar-refractivity contribution < 1.29 is 13.5 Å². The molecular formula is C17H20N6O3S. The zero-order valence-corrected chi connectivity index (χ0v) is 15.5. The van der Waals surface area contributed by atoms with Gasteiger partial charge in [0.05, 0.1) is 24.6 Å². The van der Waals surface area contributed by atoms with Gasteiger partial charge in [0.15, 0.2) is 11.5 Å². The number of anilines is 2. The summed E-state index contributed by atoms with van der Waals surface area (Å²) >= 11 is 0. The van der Waals surface area contributed by atoms with Gasteiger partial charge in [0, 0.05) is 25.5 Å². The highest BCUT2D eigenvalue weighted by molar-refractivity contribution is 7.88. The van der Waals surface area contributed by atoms with Crippen LogP contribution in [-0.2, 0) is 10.0 Å². The van der Waals surface area contributed by atoms with Crippen LogP contribution >= 0.6 is 0 Å². The van der Waals surface area contributed by atoms with Crippen LogP contribution in [0.2, 0.25) is 0 Å². The highest BCUT2D eigenvalue weighted by atomic mass is 32.2. The maximum Gasteiger partial charge on any atom is 0.211 e.